The zero-order valence-corrected chi connectivity index (χ0v) is 19.0. The van der Waals surface area contributed by atoms with Gasteiger partial charge in [-0.05, 0) is 36.4 Å². The molecule has 2 N–H and O–H groups in total. The maximum atomic E-state index is 13.8. The van der Waals surface area contributed by atoms with E-state index in [0.717, 1.165) is 10.4 Å². The van der Waals surface area contributed by atoms with Gasteiger partial charge in [0.05, 0.1) is 22.8 Å². The zero-order chi connectivity index (χ0) is 24.9. The third-order valence-corrected chi connectivity index (χ3v) is 5.12. The van der Waals surface area contributed by atoms with Crippen molar-refractivity contribution >= 4 is 34.4 Å². The van der Waals surface area contributed by atoms with Crippen LogP contribution in [0.15, 0.2) is 81.4 Å². The first kappa shape index (κ1) is 23.4. The van der Waals surface area contributed by atoms with Gasteiger partial charge in [0.2, 0.25) is 0 Å². The van der Waals surface area contributed by atoms with Gasteiger partial charge in [0, 0.05) is 31.4 Å². The number of carbonyl (C=O) groups is 1. The third kappa shape index (κ3) is 5.27. The normalized spacial score (nSPS) is 11.1. The van der Waals surface area contributed by atoms with E-state index in [1.165, 1.54) is 24.4 Å². The number of benzene rings is 3. The molecule has 3 aromatic carbocycles. The number of anilines is 2. The summed E-state index contributed by atoms with van der Waals surface area (Å²) < 4.78 is 20.2. The molecule has 1 aromatic heterocycles. The number of amides is 1. The molecule has 0 unspecified atom stereocenters. The molecule has 0 aliphatic heterocycles. The lowest BCUT2D eigenvalue weighted by Crippen LogP contribution is -2.32. The molecule has 0 fully saturated rings. The smallest absolute Gasteiger partial charge is 0.349 e. The lowest BCUT2D eigenvalue weighted by molar-refractivity contribution is -0.118. The number of aromatic nitrogens is 2. The van der Waals surface area contributed by atoms with E-state index < -0.39 is 29.6 Å². The molecule has 0 atom stereocenters. The minimum atomic E-state index is -0.693. The SMILES string of the molecule is CN(C)c1ccc(C=Nn2c(=O)[nH]c3ccccc3c2=O)c(OCC(=O)Nc2ccccc2F)c1. The quantitative estimate of drug-likeness (QED) is 0.400. The minimum Gasteiger partial charge on any atom is -0.483 e. The van der Waals surface area contributed by atoms with Crippen LogP contribution in [-0.4, -0.2) is 42.5 Å². The Hall–Kier alpha value is -4.73. The number of aromatic amines is 1. The number of rotatable bonds is 7. The first-order valence-electron chi connectivity index (χ1n) is 10.6. The van der Waals surface area contributed by atoms with Gasteiger partial charge in [0.15, 0.2) is 6.61 Å². The van der Waals surface area contributed by atoms with E-state index in [4.69, 9.17) is 4.74 Å². The number of halogens is 1. The van der Waals surface area contributed by atoms with Crippen molar-refractivity contribution in [3.05, 3.63) is 98.9 Å². The average molecular weight is 475 g/mol. The van der Waals surface area contributed by atoms with Crippen LogP contribution >= 0.6 is 0 Å². The molecule has 0 spiro atoms. The second-order valence-corrected chi connectivity index (χ2v) is 7.77. The zero-order valence-electron chi connectivity index (χ0n) is 19.0. The molecule has 1 heterocycles. The van der Waals surface area contributed by atoms with Crippen LogP contribution in [0.3, 0.4) is 0 Å². The first-order chi connectivity index (χ1) is 16.8. The average Bonchev–Trinajstić information content (AvgIpc) is 2.84. The van der Waals surface area contributed by atoms with Gasteiger partial charge >= 0.3 is 5.69 Å². The first-order valence-corrected chi connectivity index (χ1v) is 10.6. The second-order valence-electron chi connectivity index (χ2n) is 7.77. The third-order valence-electron chi connectivity index (χ3n) is 5.12. The molecule has 178 valence electrons. The van der Waals surface area contributed by atoms with Crippen molar-refractivity contribution in [2.75, 3.05) is 30.9 Å². The van der Waals surface area contributed by atoms with Crippen molar-refractivity contribution in [1.29, 1.82) is 0 Å². The Kier molecular flexibility index (Phi) is 6.72. The van der Waals surface area contributed by atoms with Crippen LogP contribution < -0.4 is 26.2 Å². The van der Waals surface area contributed by atoms with Crippen molar-refractivity contribution in [2.24, 2.45) is 5.10 Å². The number of ether oxygens (including phenoxy) is 1. The number of para-hydroxylation sites is 2. The summed E-state index contributed by atoms with van der Waals surface area (Å²) in [6.45, 7) is -0.400. The predicted octanol–water partition coefficient (Wildman–Crippen LogP) is 2.79. The Morgan fingerprint density at radius 2 is 1.86 bits per heavy atom. The van der Waals surface area contributed by atoms with Gasteiger partial charge in [0.1, 0.15) is 11.6 Å². The number of carbonyl (C=O) groups excluding carboxylic acids is 1. The molecular formula is C25H22FN5O4. The van der Waals surface area contributed by atoms with E-state index >= 15 is 0 Å². The van der Waals surface area contributed by atoms with E-state index in [2.05, 4.69) is 15.4 Å². The van der Waals surface area contributed by atoms with E-state index in [-0.39, 0.29) is 11.4 Å². The molecule has 0 bridgehead atoms. The van der Waals surface area contributed by atoms with Crippen LogP contribution in [0.5, 0.6) is 5.75 Å². The summed E-state index contributed by atoms with van der Waals surface area (Å²) in [6.07, 6.45) is 1.30. The highest BCUT2D eigenvalue weighted by molar-refractivity contribution is 5.92. The molecule has 4 aromatic rings. The van der Waals surface area contributed by atoms with E-state index in [1.807, 2.05) is 19.0 Å². The van der Waals surface area contributed by atoms with Crippen molar-refractivity contribution in [2.45, 2.75) is 0 Å². The summed E-state index contributed by atoms with van der Waals surface area (Å²) >= 11 is 0. The number of fused-ring (bicyclic) bond motifs is 1. The number of H-pyrrole nitrogens is 1. The minimum absolute atomic E-state index is 0.0415. The number of hydrogen-bond donors (Lipinski definition) is 2. The van der Waals surface area contributed by atoms with Gasteiger partial charge < -0.3 is 19.9 Å². The van der Waals surface area contributed by atoms with Crippen molar-refractivity contribution in [3.8, 4) is 5.75 Å². The highest BCUT2D eigenvalue weighted by Gasteiger charge is 2.11. The van der Waals surface area contributed by atoms with Gasteiger partial charge in [-0.2, -0.15) is 5.10 Å². The molecule has 0 aliphatic rings. The van der Waals surface area contributed by atoms with E-state index in [0.29, 0.717) is 16.5 Å². The van der Waals surface area contributed by atoms with Crippen LogP contribution in [0.2, 0.25) is 0 Å². The highest BCUT2D eigenvalue weighted by atomic mass is 19.1. The molecule has 10 heteroatoms. The Morgan fingerprint density at radius 1 is 1.11 bits per heavy atom. The van der Waals surface area contributed by atoms with Crippen LogP contribution in [0.1, 0.15) is 5.56 Å². The topological polar surface area (TPSA) is 109 Å². The fraction of sp³-hybridized carbons (Fsp3) is 0.120. The summed E-state index contributed by atoms with van der Waals surface area (Å²) in [5, 5.41) is 6.83. The molecule has 0 saturated heterocycles. The van der Waals surface area contributed by atoms with E-state index in [9.17, 15) is 18.8 Å². The molecule has 0 aliphatic carbocycles. The Morgan fingerprint density at radius 3 is 2.63 bits per heavy atom. The van der Waals surface area contributed by atoms with Crippen LogP contribution in [0.25, 0.3) is 10.9 Å². The summed E-state index contributed by atoms with van der Waals surface area (Å²) in [6, 6.07) is 17.6. The largest absolute Gasteiger partial charge is 0.483 e. The molecule has 1 amide bonds. The molecular weight excluding hydrogens is 453 g/mol. The van der Waals surface area contributed by atoms with Gasteiger partial charge in [-0.15, -0.1) is 4.68 Å². The van der Waals surface area contributed by atoms with Gasteiger partial charge in [0.25, 0.3) is 11.5 Å². The summed E-state index contributed by atoms with van der Waals surface area (Å²) in [5.74, 6) is -0.835. The highest BCUT2D eigenvalue weighted by Crippen LogP contribution is 2.24. The monoisotopic (exact) mass is 475 g/mol. The van der Waals surface area contributed by atoms with E-state index in [1.54, 1.807) is 48.5 Å². The maximum absolute atomic E-state index is 13.8. The number of hydrogen-bond acceptors (Lipinski definition) is 6. The van der Waals surface area contributed by atoms with Crippen LogP contribution in [0.4, 0.5) is 15.8 Å². The van der Waals surface area contributed by atoms with Gasteiger partial charge in [-0.3, -0.25) is 9.59 Å². The molecule has 0 radical (unpaired) electrons. The summed E-state index contributed by atoms with van der Waals surface area (Å²) in [5.41, 5.74) is 0.397. The Balaban J connectivity index is 1.61. The molecule has 4 rings (SSSR count). The number of nitrogens with zero attached hydrogens (tertiary/aromatic N) is 3. The van der Waals surface area contributed by atoms with Crippen LogP contribution in [0, 0.1) is 5.82 Å². The molecule has 0 saturated carbocycles. The van der Waals surface area contributed by atoms with Gasteiger partial charge in [-0.25, -0.2) is 9.18 Å². The van der Waals surface area contributed by atoms with Crippen molar-refractivity contribution < 1.29 is 13.9 Å². The van der Waals surface area contributed by atoms with Gasteiger partial charge in [-0.1, -0.05) is 24.3 Å². The molecule has 35 heavy (non-hydrogen) atoms. The van der Waals surface area contributed by atoms with Crippen molar-refractivity contribution in [3.63, 3.8) is 0 Å². The lowest BCUT2D eigenvalue weighted by Gasteiger charge is -2.16. The standard InChI is InChI=1S/C25H22FN5O4/c1-30(2)17-12-11-16(14-27-31-24(33)18-7-3-5-9-20(18)29-25(31)34)22(13-17)35-15-23(32)28-21-10-6-4-8-19(21)26/h3-14H,15H2,1-2H3,(H,28,32)(H,29,34). The van der Waals surface area contributed by atoms with Crippen molar-refractivity contribution in [1.82, 2.24) is 9.66 Å². The molecule has 9 nitrogen and oxygen atoms in total. The second kappa shape index (κ2) is 10.0. The van der Waals surface area contributed by atoms with Crippen LogP contribution in [-0.2, 0) is 4.79 Å². The lowest BCUT2D eigenvalue weighted by atomic mass is 10.2. The Labute approximate surface area is 199 Å². The fourth-order valence-electron chi connectivity index (χ4n) is 3.30. The summed E-state index contributed by atoms with van der Waals surface area (Å²) in [4.78, 5) is 41.9. The maximum Gasteiger partial charge on any atom is 0.349 e. The predicted molar refractivity (Wildman–Crippen MR) is 133 cm³/mol. The fourth-order valence-corrected chi connectivity index (χ4v) is 3.30. The number of nitrogens with one attached hydrogen (secondary N) is 2. The Bertz CT molecular complexity index is 1540. The summed E-state index contributed by atoms with van der Waals surface area (Å²) in [7, 11) is 3.68.